The molecule has 1 aromatic carbocycles. The van der Waals surface area contributed by atoms with Crippen molar-refractivity contribution in [2.24, 2.45) is 0 Å². The van der Waals surface area contributed by atoms with E-state index in [-0.39, 0.29) is 0 Å². The van der Waals surface area contributed by atoms with Gasteiger partial charge in [-0.25, -0.2) is 0 Å². The summed E-state index contributed by atoms with van der Waals surface area (Å²) in [4.78, 5) is 10.6. The number of hydrogen-bond donors (Lipinski definition) is 0. The molecule has 0 fully saturated rings. The molecule has 18 heavy (non-hydrogen) atoms. The average molecular weight is 273 g/mol. The maximum atomic E-state index is 10.6. The fourth-order valence-electron chi connectivity index (χ4n) is 1.32. The first kappa shape index (κ1) is 15.0. The number of hydrogen-bond acceptors (Lipinski definition) is 4. The van der Waals surface area contributed by atoms with Gasteiger partial charge >= 0.3 is 0 Å². The topological polar surface area (TPSA) is 44.8 Å². The van der Waals surface area contributed by atoms with Crippen molar-refractivity contribution in [3.8, 4) is 5.75 Å². The molecule has 0 unspecified atom stereocenters. The number of ether oxygens (including phenoxy) is 3. The minimum atomic E-state index is 0.392. The first-order valence-electron chi connectivity index (χ1n) is 5.72. The van der Waals surface area contributed by atoms with Crippen molar-refractivity contribution in [3.05, 3.63) is 28.8 Å². The first-order valence-corrected chi connectivity index (χ1v) is 6.10. The molecular formula is C13H17ClO4. The summed E-state index contributed by atoms with van der Waals surface area (Å²) in [5.74, 6) is 0.631. The molecule has 0 aliphatic rings. The zero-order valence-corrected chi connectivity index (χ0v) is 11.1. The third-order valence-electron chi connectivity index (χ3n) is 2.23. The molecule has 0 amide bonds. The number of methoxy groups -OCH3 is 1. The van der Waals surface area contributed by atoms with Crippen molar-refractivity contribution in [1.29, 1.82) is 0 Å². The van der Waals surface area contributed by atoms with E-state index >= 15 is 0 Å². The molecule has 0 aromatic heterocycles. The third kappa shape index (κ3) is 5.49. The second-order valence-electron chi connectivity index (χ2n) is 3.61. The van der Waals surface area contributed by atoms with Gasteiger partial charge < -0.3 is 14.2 Å². The molecule has 1 rings (SSSR count). The zero-order valence-electron chi connectivity index (χ0n) is 10.4. The van der Waals surface area contributed by atoms with Crippen LogP contribution in [0.5, 0.6) is 5.75 Å². The minimum absolute atomic E-state index is 0.392. The molecule has 1 aromatic rings. The highest BCUT2D eigenvalue weighted by Crippen LogP contribution is 2.21. The Morgan fingerprint density at radius 2 is 2.06 bits per heavy atom. The fraction of sp³-hybridized carbons (Fsp3) is 0.462. The normalized spacial score (nSPS) is 10.3. The molecular weight excluding hydrogens is 256 g/mol. The van der Waals surface area contributed by atoms with Crippen molar-refractivity contribution in [2.75, 3.05) is 33.5 Å². The van der Waals surface area contributed by atoms with Gasteiger partial charge in [0.25, 0.3) is 0 Å². The van der Waals surface area contributed by atoms with Gasteiger partial charge in [0.05, 0.1) is 11.6 Å². The van der Waals surface area contributed by atoms with Gasteiger partial charge in [-0.3, -0.25) is 4.79 Å². The van der Waals surface area contributed by atoms with Gasteiger partial charge in [0.1, 0.15) is 12.4 Å². The van der Waals surface area contributed by atoms with E-state index in [1.165, 1.54) is 0 Å². The summed E-state index contributed by atoms with van der Waals surface area (Å²) in [6.45, 7) is 2.31. The predicted molar refractivity (Wildman–Crippen MR) is 69.6 cm³/mol. The van der Waals surface area contributed by atoms with E-state index in [0.717, 1.165) is 6.42 Å². The predicted octanol–water partition coefficient (Wildman–Crippen LogP) is 2.58. The van der Waals surface area contributed by atoms with E-state index in [1.807, 2.05) is 0 Å². The molecule has 100 valence electrons. The van der Waals surface area contributed by atoms with Crippen LogP contribution in [0.15, 0.2) is 18.2 Å². The lowest BCUT2D eigenvalue weighted by Gasteiger charge is -2.08. The Morgan fingerprint density at radius 1 is 1.22 bits per heavy atom. The Hall–Kier alpha value is -1.10. The number of aldehydes is 1. The molecule has 0 aliphatic carbocycles. The van der Waals surface area contributed by atoms with Crippen molar-refractivity contribution < 1.29 is 19.0 Å². The van der Waals surface area contributed by atoms with E-state index in [4.69, 9.17) is 25.8 Å². The van der Waals surface area contributed by atoms with Crippen molar-refractivity contribution in [2.45, 2.75) is 6.42 Å². The number of halogens is 1. The molecule has 0 heterocycles. The highest BCUT2D eigenvalue weighted by Gasteiger charge is 2.01. The largest absolute Gasteiger partial charge is 0.491 e. The Morgan fingerprint density at radius 3 is 2.72 bits per heavy atom. The van der Waals surface area contributed by atoms with Gasteiger partial charge in [-0.15, -0.1) is 0 Å². The average Bonchev–Trinajstić information content (AvgIpc) is 2.38. The van der Waals surface area contributed by atoms with E-state index in [2.05, 4.69) is 0 Å². The summed E-state index contributed by atoms with van der Waals surface area (Å²) in [5.41, 5.74) is 0.458. The van der Waals surface area contributed by atoms with Crippen LogP contribution >= 0.6 is 11.6 Å². The lowest BCUT2D eigenvalue weighted by atomic mass is 10.2. The van der Waals surface area contributed by atoms with Crippen LogP contribution in [-0.2, 0) is 9.47 Å². The summed E-state index contributed by atoms with van der Waals surface area (Å²) in [6, 6.07) is 4.96. The summed E-state index contributed by atoms with van der Waals surface area (Å²) in [5, 5.41) is 0.392. The van der Waals surface area contributed by atoms with Crippen LogP contribution in [0.3, 0.4) is 0 Å². The quantitative estimate of drug-likeness (QED) is 0.512. The maximum absolute atomic E-state index is 10.6. The lowest BCUT2D eigenvalue weighted by molar-refractivity contribution is 0.0806. The van der Waals surface area contributed by atoms with Crippen molar-refractivity contribution in [3.63, 3.8) is 0 Å². The van der Waals surface area contributed by atoms with Crippen LogP contribution in [0.2, 0.25) is 5.02 Å². The molecule has 0 saturated heterocycles. The zero-order chi connectivity index (χ0) is 13.2. The minimum Gasteiger partial charge on any atom is -0.491 e. The van der Waals surface area contributed by atoms with Gasteiger partial charge in [-0.1, -0.05) is 11.6 Å². The molecule has 0 N–H and O–H groups in total. The molecule has 0 bridgehead atoms. The molecule has 0 atom stereocenters. The molecule has 0 saturated carbocycles. The SMILES string of the molecule is COCCCOCCOc1ccc(C=O)c(Cl)c1. The van der Waals surface area contributed by atoms with Crippen LogP contribution in [0, 0.1) is 0 Å². The second kappa shape index (κ2) is 8.91. The van der Waals surface area contributed by atoms with E-state index in [0.29, 0.717) is 49.0 Å². The van der Waals surface area contributed by atoms with Gasteiger partial charge in [-0.05, 0) is 24.6 Å². The summed E-state index contributed by atoms with van der Waals surface area (Å²) < 4.78 is 15.7. The van der Waals surface area contributed by atoms with Crippen LogP contribution in [0.25, 0.3) is 0 Å². The maximum Gasteiger partial charge on any atom is 0.151 e. The van der Waals surface area contributed by atoms with Gasteiger partial charge in [0.15, 0.2) is 6.29 Å². The standard InChI is InChI=1S/C13H17ClO4/c1-16-5-2-6-17-7-8-18-12-4-3-11(10-15)13(14)9-12/h3-4,9-10H,2,5-8H2,1H3. The van der Waals surface area contributed by atoms with E-state index in [9.17, 15) is 4.79 Å². The van der Waals surface area contributed by atoms with Crippen LogP contribution in [0.1, 0.15) is 16.8 Å². The highest BCUT2D eigenvalue weighted by molar-refractivity contribution is 6.33. The molecule has 0 radical (unpaired) electrons. The fourth-order valence-corrected chi connectivity index (χ4v) is 1.53. The highest BCUT2D eigenvalue weighted by atomic mass is 35.5. The summed E-state index contributed by atoms with van der Waals surface area (Å²) in [7, 11) is 1.66. The summed E-state index contributed by atoms with van der Waals surface area (Å²) >= 11 is 5.87. The van der Waals surface area contributed by atoms with Crippen LogP contribution < -0.4 is 4.74 Å². The molecule has 0 aliphatic heterocycles. The van der Waals surface area contributed by atoms with Crippen LogP contribution in [-0.4, -0.2) is 39.8 Å². The summed E-state index contributed by atoms with van der Waals surface area (Å²) in [6.07, 6.45) is 1.58. The van der Waals surface area contributed by atoms with Crippen molar-refractivity contribution >= 4 is 17.9 Å². The van der Waals surface area contributed by atoms with E-state index < -0.39 is 0 Å². The lowest BCUT2D eigenvalue weighted by Crippen LogP contribution is -2.08. The van der Waals surface area contributed by atoms with E-state index in [1.54, 1.807) is 25.3 Å². The van der Waals surface area contributed by atoms with Gasteiger partial charge in [-0.2, -0.15) is 0 Å². The smallest absolute Gasteiger partial charge is 0.151 e. The first-order chi connectivity index (χ1) is 8.77. The third-order valence-corrected chi connectivity index (χ3v) is 2.56. The van der Waals surface area contributed by atoms with Gasteiger partial charge in [0.2, 0.25) is 0 Å². The molecule has 5 heteroatoms. The number of benzene rings is 1. The monoisotopic (exact) mass is 272 g/mol. The van der Waals surface area contributed by atoms with Crippen molar-refractivity contribution in [1.82, 2.24) is 0 Å². The Kier molecular flexibility index (Phi) is 7.41. The number of rotatable bonds is 9. The van der Waals surface area contributed by atoms with Gasteiger partial charge in [0, 0.05) is 25.9 Å². The number of carbonyl (C=O) groups is 1. The Labute approximate surface area is 112 Å². The Bertz CT molecular complexity index is 368. The Balaban J connectivity index is 2.19. The van der Waals surface area contributed by atoms with Crippen LogP contribution in [0.4, 0.5) is 0 Å². The number of carbonyl (C=O) groups excluding carboxylic acids is 1. The second-order valence-corrected chi connectivity index (χ2v) is 4.02. The molecule has 4 nitrogen and oxygen atoms in total. The molecule has 0 spiro atoms.